The van der Waals surface area contributed by atoms with Gasteiger partial charge < -0.3 is 0 Å². The van der Waals surface area contributed by atoms with Gasteiger partial charge in [0, 0.05) is 12.4 Å². The summed E-state index contributed by atoms with van der Waals surface area (Å²) in [7, 11) is -2.71. The van der Waals surface area contributed by atoms with Crippen molar-refractivity contribution in [3.05, 3.63) is 134 Å². The maximum absolute atomic E-state index is 5.22. The van der Waals surface area contributed by atoms with Crippen LogP contribution in [0.4, 0.5) is 0 Å². The second kappa shape index (κ2) is 7.79. The van der Waals surface area contributed by atoms with Crippen LogP contribution in [-0.4, -0.2) is 27.6 Å². The van der Waals surface area contributed by atoms with Gasteiger partial charge in [-0.2, -0.15) is 10.2 Å². The summed E-state index contributed by atoms with van der Waals surface area (Å²) in [6.45, 7) is 0. The lowest BCUT2D eigenvalue weighted by atomic mass is 10.1. The Morgan fingerprint density at radius 3 is 1.29 bits per heavy atom. The lowest BCUT2D eigenvalue weighted by Crippen LogP contribution is -2.74. The van der Waals surface area contributed by atoms with E-state index in [0.717, 1.165) is 22.0 Å². The van der Waals surface area contributed by atoms with Gasteiger partial charge in [-0.3, -0.25) is 0 Å². The van der Waals surface area contributed by atoms with Crippen LogP contribution in [0.15, 0.2) is 134 Å². The summed E-state index contributed by atoms with van der Waals surface area (Å²) in [5, 5.41) is 15.3. The second-order valence-electron chi connectivity index (χ2n) is 8.80. The third-order valence-corrected chi connectivity index (χ3v) is 11.5. The number of aromatic nitrogens is 4. The van der Waals surface area contributed by atoms with E-state index in [4.69, 9.17) is 10.2 Å². The molecule has 0 atom stereocenters. The molecule has 1 aliphatic heterocycles. The van der Waals surface area contributed by atoms with Crippen molar-refractivity contribution in [2.75, 3.05) is 0 Å². The topological polar surface area (TPSA) is 35.6 Å². The summed E-state index contributed by atoms with van der Waals surface area (Å²) >= 11 is 0. The van der Waals surface area contributed by atoms with E-state index in [1.54, 1.807) is 0 Å². The van der Waals surface area contributed by atoms with Crippen LogP contribution in [0.25, 0.3) is 22.5 Å². The van der Waals surface area contributed by atoms with E-state index < -0.39 is 8.07 Å². The van der Waals surface area contributed by atoms with Crippen molar-refractivity contribution in [2.45, 2.75) is 0 Å². The molecule has 4 aromatic carbocycles. The Morgan fingerprint density at radius 1 is 0.429 bits per heavy atom. The highest BCUT2D eigenvalue weighted by atomic mass is 28.3. The molecule has 166 valence electrons. The molecule has 0 spiro atoms. The minimum atomic E-state index is -2.71. The van der Waals surface area contributed by atoms with Gasteiger partial charge in [-0.15, -0.1) is 0 Å². The van der Waals surface area contributed by atoms with Gasteiger partial charge in [0.05, 0.1) is 22.0 Å². The number of para-hydroxylation sites is 2. The summed E-state index contributed by atoms with van der Waals surface area (Å²) in [6.07, 6.45) is 4.16. The molecule has 1 aliphatic rings. The monoisotopic (exact) mass is 466 g/mol. The van der Waals surface area contributed by atoms with E-state index in [-0.39, 0.29) is 0 Å². The van der Waals surface area contributed by atoms with Crippen LogP contribution in [0.1, 0.15) is 0 Å². The van der Waals surface area contributed by atoms with Crippen molar-refractivity contribution in [1.82, 2.24) is 19.6 Å². The van der Waals surface area contributed by atoms with Gasteiger partial charge in [0.2, 0.25) is 8.07 Å². The molecule has 0 radical (unpaired) electrons. The van der Waals surface area contributed by atoms with Crippen LogP contribution in [0.2, 0.25) is 0 Å². The first-order valence-corrected chi connectivity index (χ1v) is 13.8. The summed E-state index contributed by atoms with van der Waals surface area (Å²) in [4.78, 5) is 0. The predicted octanol–water partition coefficient (Wildman–Crippen LogP) is 3.42. The van der Waals surface area contributed by atoms with Gasteiger partial charge in [-0.1, -0.05) is 84.9 Å². The van der Waals surface area contributed by atoms with Gasteiger partial charge in [0.15, 0.2) is 0 Å². The lowest BCUT2D eigenvalue weighted by Gasteiger charge is -2.26. The molecule has 35 heavy (non-hydrogen) atoms. The third kappa shape index (κ3) is 2.92. The SMILES string of the molecule is c1ccc(-n2ccc([Si]3(c4ccn(-c5ccccc5)n4)c4ccccc4-c4ccccc43)n2)cc1. The zero-order chi connectivity index (χ0) is 23.2. The predicted molar refractivity (Wildman–Crippen MR) is 143 cm³/mol. The molecule has 0 amide bonds. The van der Waals surface area contributed by atoms with Gasteiger partial charge in [0.25, 0.3) is 0 Å². The number of rotatable bonds is 4. The summed E-state index contributed by atoms with van der Waals surface area (Å²) in [5.74, 6) is 0. The van der Waals surface area contributed by atoms with Crippen molar-refractivity contribution < 1.29 is 0 Å². The van der Waals surface area contributed by atoms with Crippen LogP contribution >= 0.6 is 0 Å². The number of fused-ring (bicyclic) bond motifs is 3. The first-order valence-electron chi connectivity index (χ1n) is 11.8. The van der Waals surface area contributed by atoms with E-state index in [2.05, 4.69) is 97.3 Å². The van der Waals surface area contributed by atoms with Crippen molar-refractivity contribution in [2.24, 2.45) is 0 Å². The maximum Gasteiger partial charge on any atom is 0.229 e. The van der Waals surface area contributed by atoms with Gasteiger partial charge >= 0.3 is 0 Å². The zero-order valence-corrected chi connectivity index (χ0v) is 20.0. The Bertz CT molecular complexity index is 1530. The zero-order valence-electron chi connectivity index (χ0n) is 19.0. The Morgan fingerprint density at radius 2 is 0.829 bits per heavy atom. The van der Waals surface area contributed by atoms with E-state index >= 15 is 0 Å². The molecule has 2 aromatic heterocycles. The smallest absolute Gasteiger partial charge is 0.229 e. The molecule has 0 saturated carbocycles. The van der Waals surface area contributed by atoms with Gasteiger partial charge in [0.1, 0.15) is 0 Å². The van der Waals surface area contributed by atoms with Gasteiger partial charge in [-0.25, -0.2) is 9.36 Å². The lowest BCUT2D eigenvalue weighted by molar-refractivity contribution is 0.886. The molecular formula is C30H22N4Si. The quantitative estimate of drug-likeness (QED) is 0.373. The molecule has 6 aromatic rings. The van der Waals surface area contributed by atoms with Crippen molar-refractivity contribution in [3.8, 4) is 22.5 Å². The van der Waals surface area contributed by atoms with E-state index in [0.29, 0.717) is 0 Å². The first kappa shape index (κ1) is 19.9. The molecule has 0 aliphatic carbocycles. The average Bonchev–Trinajstić information content (AvgIpc) is 3.67. The number of hydrogen-bond acceptors (Lipinski definition) is 2. The van der Waals surface area contributed by atoms with E-state index in [9.17, 15) is 0 Å². The number of nitrogens with zero attached hydrogens (tertiary/aromatic N) is 4. The Labute approximate surface area is 204 Å². The third-order valence-electron chi connectivity index (χ3n) is 6.94. The minimum Gasteiger partial charge on any atom is -0.241 e. The van der Waals surface area contributed by atoms with E-state index in [1.807, 2.05) is 45.8 Å². The maximum atomic E-state index is 5.22. The fourth-order valence-corrected chi connectivity index (χ4v) is 10.2. The summed E-state index contributed by atoms with van der Waals surface area (Å²) in [5.41, 5.74) is 4.69. The molecule has 7 rings (SSSR count). The van der Waals surface area contributed by atoms with Gasteiger partial charge in [-0.05, 0) is 57.9 Å². The van der Waals surface area contributed by atoms with E-state index in [1.165, 1.54) is 21.5 Å². The molecule has 0 saturated heterocycles. The molecule has 0 fully saturated rings. The summed E-state index contributed by atoms with van der Waals surface area (Å²) in [6, 6.07) is 42.6. The Kier molecular flexibility index (Phi) is 4.44. The average molecular weight is 467 g/mol. The highest BCUT2D eigenvalue weighted by molar-refractivity contribution is 7.21. The molecule has 4 nitrogen and oxygen atoms in total. The van der Waals surface area contributed by atoms with Crippen molar-refractivity contribution >= 4 is 29.1 Å². The standard InChI is InChI=1S/C30H22N4Si/c1-3-11-23(12-4-1)33-21-19-29(31-33)35(30-20-22-34(32-30)24-13-5-2-6-14-24)27-17-9-7-15-25(27)26-16-8-10-18-28(26)35/h1-22H. The molecule has 5 heteroatoms. The fraction of sp³-hybridized carbons (Fsp3) is 0. The van der Waals surface area contributed by atoms with Crippen molar-refractivity contribution in [1.29, 1.82) is 0 Å². The molecule has 0 bridgehead atoms. The minimum absolute atomic E-state index is 1.05. The number of hydrogen-bond donors (Lipinski definition) is 0. The molecule has 0 N–H and O–H groups in total. The van der Waals surface area contributed by atoms with Crippen LogP contribution in [-0.2, 0) is 0 Å². The van der Waals surface area contributed by atoms with Crippen LogP contribution < -0.4 is 21.0 Å². The number of benzene rings is 4. The Hall–Kier alpha value is -4.48. The normalized spacial score (nSPS) is 13.4. The first-order chi connectivity index (χ1) is 17.4. The highest BCUT2D eigenvalue weighted by Gasteiger charge is 2.52. The van der Waals surface area contributed by atoms with Crippen molar-refractivity contribution in [3.63, 3.8) is 0 Å². The second-order valence-corrected chi connectivity index (χ2v) is 12.4. The molecule has 3 heterocycles. The van der Waals surface area contributed by atoms with Crippen LogP contribution in [0, 0.1) is 0 Å². The van der Waals surface area contributed by atoms with Crippen LogP contribution in [0.3, 0.4) is 0 Å². The highest BCUT2D eigenvalue weighted by Crippen LogP contribution is 2.28. The summed E-state index contributed by atoms with van der Waals surface area (Å²) < 4.78 is 3.98. The Balaban J connectivity index is 1.52. The molecule has 0 unspecified atom stereocenters. The van der Waals surface area contributed by atoms with Crippen LogP contribution in [0.5, 0.6) is 0 Å². The molecular weight excluding hydrogens is 444 g/mol. The largest absolute Gasteiger partial charge is 0.241 e. The fourth-order valence-electron chi connectivity index (χ4n) is 5.42.